The van der Waals surface area contributed by atoms with E-state index in [0.29, 0.717) is 6.04 Å². The Balaban J connectivity index is 1.84. The maximum atomic E-state index is 4.44. The van der Waals surface area contributed by atoms with Crippen LogP contribution in [0.1, 0.15) is 50.6 Å². The largest absolute Gasteiger partial charge is 0.317 e. The van der Waals surface area contributed by atoms with Gasteiger partial charge in [-0.05, 0) is 31.5 Å². The Bertz CT molecular complexity index is 315. The van der Waals surface area contributed by atoms with Crippen molar-refractivity contribution in [3.8, 4) is 0 Å². The van der Waals surface area contributed by atoms with E-state index in [2.05, 4.69) is 29.5 Å². The molecule has 2 heteroatoms. The lowest BCUT2D eigenvalue weighted by Gasteiger charge is -2.22. The number of likely N-dealkylation sites (N-methyl/N-ethyl adjacent to an activating group) is 1. The Morgan fingerprint density at radius 2 is 2.00 bits per heavy atom. The van der Waals surface area contributed by atoms with Gasteiger partial charge in [-0.1, -0.05) is 44.6 Å². The van der Waals surface area contributed by atoms with Gasteiger partial charge in [-0.15, -0.1) is 0 Å². The van der Waals surface area contributed by atoms with E-state index in [4.69, 9.17) is 0 Å². The average Bonchev–Trinajstić information content (AvgIpc) is 2.68. The fraction of sp³-hybridized carbons (Fsp3) is 0.688. The fourth-order valence-corrected chi connectivity index (χ4v) is 3.08. The molecule has 1 unspecified atom stereocenters. The molecule has 1 aliphatic carbocycles. The van der Waals surface area contributed by atoms with Crippen molar-refractivity contribution < 1.29 is 0 Å². The molecular formula is C16H26N2. The topological polar surface area (TPSA) is 24.9 Å². The van der Waals surface area contributed by atoms with Crippen LogP contribution in [0.25, 0.3) is 0 Å². The molecule has 1 saturated carbocycles. The average molecular weight is 246 g/mol. The summed E-state index contributed by atoms with van der Waals surface area (Å²) in [7, 11) is 2.09. The van der Waals surface area contributed by atoms with E-state index < -0.39 is 0 Å². The summed E-state index contributed by atoms with van der Waals surface area (Å²) >= 11 is 0. The molecule has 0 aliphatic heterocycles. The summed E-state index contributed by atoms with van der Waals surface area (Å²) in [5.74, 6) is 0.925. The Hall–Kier alpha value is -0.890. The minimum absolute atomic E-state index is 0.586. The zero-order valence-electron chi connectivity index (χ0n) is 11.6. The zero-order chi connectivity index (χ0) is 12.6. The number of rotatable bonds is 5. The van der Waals surface area contributed by atoms with Gasteiger partial charge in [0.2, 0.25) is 0 Å². The predicted molar refractivity (Wildman–Crippen MR) is 76.6 cm³/mol. The van der Waals surface area contributed by atoms with Gasteiger partial charge >= 0.3 is 0 Å². The Morgan fingerprint density at radius 1 is 1.22 bits per heavy atom. The lowest BCUT2D eigenvalue weighted by atomic mass is 9.91. The molecular weight excluding hydrogens is 220 g/mol. The van der Waals surface area contributed by atoms with Gasteiger partial charge in [-0.25, -0.2) is 0 Å². The minimum atomic E-state index is 0.586. The predicted octanol–water partition coefficient (Wildman–Crippen LogP) is 3.57. The summed E-state index contributed by atoms with van der Waals surface area (Å²) in [4.78, 5) is 4.44. The van der Waals surface area contributed by atoms with Crippen molar-refractivity contribution in [3.63, 3.8) is 0 Å². The van der Waals surface area contributed by atoms with E-state index in [1.165, 1.54) is 50.6 Å². The summed E-state index contributed by atoms with van der Waals surface area (Å²) in [5, 5.41) is 3.48. The molecule has 1 aromatic heterocycles. The van der Waals surface area contributed by atoms with Crippen LogP contribution in [-0.2, 0) is 6.42 Å². The van der Waals surface area contributed by atoms with Crippen LogP contribution in [0, 0.1) is 5.92 Å². The maximum Gasteiger partial charge on any atom is 0.0419 e. The lowest BCUT2D eigenvalue weighted by molar-refractivity contribution is 0.360. The molecule has 1 N–H and O–H groups in total. The van der Waals surface area contributed by atoms with Crippen LogP contribution < -0.4 is 5.32 Å². The SMILES string of the molecule is CNC(Cc1ccccn1)CC1CCCCCC1. The van der Waals surface area contributed by atoms with Gasteiger partial charge < -0.3 is 5.32 Å². The molecule has 0 spiro atoms. The van der Waals surface area contributed by atoms with E-state index >= 15 is 0 Å². The third-order valence-corrected chi connectivity index (χ3v) is 4.18. The van der Waals surface area contributed by atoms with E-state index in [-0.39, 0.29) is 0 Å². The normalized spacial score (nSPS) is 19.4. The molecule has 100 valence electrons. The highest BCUT2D eigenvalue weighted by molar-refractivity contribution is 5.05. The molecule has 1 aliphatic rings. The van der Waals surface area contributed by atoms with Crippen molar-refractivity contribution in [2.24, 2.45) is 5.92 Å². The highest BCUT2D eigenvalue weighted by atomic mass is 14.9. The number of hydrogen-bond donors (Lipinski definition) is 1. The summed E-state index contributed by atoms with van der Waals surface area (Å²) < 4.78 is 0. The second-order valence-corrected chi connectivity index (χ2v) is 5.60. The van der Waals surface area contributed by atoms with Crippen molar-refractivity contribution in [2.45, 2.75) is 57.4 Å². The van der Waals surface area contributed by atoms with Crippen LogP contribution in [0.4, 0.5) is 0 Å². The standard InChI is InChI=1S/C16H26N2/c1-17-16(13-15-10-6-7-11-18-15)12-14-8-4-2-3-5-9-14/h6-7,10-11,14,16-17H,2-5,8-9,12-13H2,1H3. The second-order valence-electron chi connectivity index (χ2n) is 5.60. The molecule has 0 amide bonds. The number of hydrogen-bond acceptors (Lipinski definition) is 2. The highest BCUT2D eigenvalue weighted by Gasteiger charge is 2.17. The first kappa shape index (κ1) is 13.5. The van der Waals surface area contributed by atoms with Crippen LogP contribution in [0.3, 0.4) is 0 Å². The third-order valence-electron chi connectivity index (χ3n) is 4.18. The van der Waals surface area contributed by atoms with Crippen LogP contribution in [0.15, 0.2) is 24.4 Å². The smallest absolute Gasteiger partial charge is 0.0419 e. The monoisotopic (exact) mass is 246 g/mol. The van der Waals surface area contributed by atoms with Gasteiger partial charge in [0.25, 0.3) is 0 Å². The maximum absolute atomic E-state index is 4.44. The molecule has 0 radical (unpaired) electrons. The molecule has 1 fully saturated rings. The molecule has 1 aromatic rings. The highest BCUT2D eigenvalue weighted by Crippen LogP contribution is 2.27. The van der Waals surface area contributed by atoms with E-state index in [1.54, 1.807) is 0 Å². The lowest BCUT2D eigenvalue weighted by Crippen LogP contribution is -2.30. The summed E-state index contributed by atoms with van der Waals surface area (Å²) in [6.07, 6.45) is 12.9. The van der Waals surface area contributed by atoms with Crippen LogP contribution in [0.2, 0.25) is 0 Å². The van der Waals surface area contributed by atoms with Crippen molar-refractivity contribution >= 4 is 0 Å². The first-order valence-electron chi connectivity index (χ1n) is 7.45. The van der Waals surface area contributed by atoms with Gasteiger partial charge in [0.1, 0.15) is 0 Å². The summed E-state index contributed by atoms with van der Waals surface area (Å²) in [5.41, 5.74) is 1.21. The van der Waals surface area contributed by atoms with Gasteiger partial charge in [0.15, 0.2) is 0 Å². The Morgan fingerprint density at radius 3 is 2.61 bits per heavy atom. The number of aromatic nitrogens is 1. The van der Waals surface area contributed by atoms with Gasteiger partial charge in [-0.3, -0.25) is 4.98 Å². The van der Waals surface area contributed by atoms with Crippen LogP contribution in [0.5, 0.6) is 0 Å². The van der Waals surface area contributed by atoms with Gasteiger partial charge in [0.05, 0.1) is 0 Å². The van der Waals surface area contributed by atoms with E-state index in [9.17, 15) is 0 Å². The van der Waals surface area contributed by atoms with Crippen molar-refractivity contribution in [2.75, 3.05) is 7.05 Å². The molecule has 2 rings (SSSR count). The van der Waals surface area contributed by atoms with Gasteiger partial charge in [0, 0.05) is 24.4 Å². The molecule has 1 atom stereocenters. The van der Waals surface area contributed by atoms with E-state index in [1.807, 2.05) is 12.3 Å². The quantitative estimate of drug-likeness (QED) is 0.803. The van der Waals surface area contributed by atoms with Crippen molar-refractivity contribution in [3.05, 3.63) is 30.1 Å². The first-order chi connectivity index (χ1) is 8.88. The molecule has 0 bridgehead atoms. The fourth-order valence-electron chi connectivity index (χ4n) is 3.08. The Labute approximate surface area is 111 Å². The van der Waals surface area contributed by atoms with Crippen LogP contribution in [-0.4, -0.2) is 18.1 Å². The Kier molecular flexibility index (Phi) is 5.66. The molecule has 0 aromatic carbocycles. The summed E-state index contributed by atoms with van der Waals surface area (Å²) in [6.45, 7) is 0. The minimum Gasteiger partial charge on any atom is -0.317 e. The first-order valence-corrected chi connectivity index (χ1v) is 7.45. The number of nitrogens with one attached hydrogen (secondary N) is 1. The molecule has 2 nitrogen and oxygen atoms in total. The third kappa shape index (κ3) is 4.41. The van der Waals surface area contributed by atoms with Crippen molar-refractivity contribution in [1.29, 1.82) is 0 Å². The van der Waals surface area contributed by atoms with E-state index in [0.717, 1.165) is 12.3 Å². The number of pyridine rings is 1. The van der Waals surface area contributed by atoms with Crippen molar-refractivity contribution in [1.82, 2.24) is 10.3 Å². The zero-order valence-corrected chi connectivity index (χ0v) is 11.6. The summed E-state index contributed by atoms with van der Waals surface area (Å²) in [6, 6.07) is 6.80. The van der Waals surface area contributed by atoms with Gasteiger partial charge in [-0.2, -0.15) is 0 Å². The molecule has 1 heterocycles. The molecule has 18 heavy (non-hydrogen) atoms. The molecule has 0 saturated heterocycles. The van der Waals surface area contributed by atoms with Crippen LogP contribution >= 0.6 is 0 Å². The number of nitrogens with zero attached hydrogens (tertiary/aromatic N) is 1. The second kappa shape index (κ2) is 7.52.